The number of pyridine rings is 2. The topological polar surface area (TPSA) is 77.0 Å². The summed E-state index contributed by atoms with van der Waals surface area (Å²) in [6.45, 7) is 8.79. The largest absolute Gasteiger partial charge is 0.457 e. The van der Waals surface area contributed by atoms with Gasteiger partial charge in [-0.15, -0.1) is 0 Å². The van der Waals surface area contributed by atoms with E-state index in [-0.39, 0.29) is 0 Å². The van der Waals surface area contributed by atoms with Crippen LogP contribution in [0.2, 0.25) is 0 Å². The molecule has 0 aliphatic rings. The smallest absolute Gasteiger partial charge is 0.176 e. The molecule has 4 rings (SSSR count). The molecule has 0 saturated carbocycles. The fraction of sp³-hybridized carbons (Fsp3) is 0.318. The highest BCUT2D eigenvalue weighted by atomic mass is 16.5. The van der Waals surface area contributed by atoms with Crippen molar-refractivity contribution in [1.29, 1.82) is 0 Å². The Morgan fingerprint density at radius 2 is 2.00 bits per heavy atom. The Hall–Kier alpha value is -3.15. The van der Waals surface area contributed by atoms with Gasteiger partial charge in [-0.25, -0.2) is 4.98 Å². The number of nitrogens with one attached hydrogen (secondary N) is 1. The van der Waals surface area contributed by atoms with E-state index in [0.29, 0.717) is 12.5 Å². The first-order chi connectivity index (χ1) is 13.5. The number of furan rings is 1. The maximum Gasteiger partial charge on any atom is 0.176 e. The summed E-state index contributed by atoms with van der Waals surface area (Å²) in [5.41, 5.74) is 4.41. The molecule has 0 aliphatic heterocycles. The van der Waals surface area contributed by atoms with Crippen LogP contribution < -0.4 is 5.32 Å². The first-order valence-electron chi connectivity index (χ1n) is 9.54. The van der Waals surface area contributed by atoms with Gasteiger partial charge in [0.2, 0.25) is 0 Å². The Morgan fingerprint density at radius 1 is 1.14 bits per heavy atom. The molecule has 0 unspecified atom stereocenters. The molecule has 4 aromatic heterocycles. The highest BCUT2D eigenvalue weighted by Crippen LogP contribution is 2.34. The lowest BCUT2D eigenvalue weighted by Crippen LogP contribution is -2.08. The molecular weight excluding hydrogens is 352 g/mol. The number of aryl methyl sites for hydroxylation is 2. The van der Waals surface area contributed by atoms with Gasteiger partial charge in [0.15, 0.2) is 11.4 Å². The summed E-state index contributed by atoms with van der Waals surface area (Å²) in [6.07, 6.45) is 2.61. The average molecular weight is 376 g/mol. The lowest BCUT2D eigenvalue weighted by Gasteiger charge is -2.09. The van der Waals surface area contributed by atoms with Crippen LogP contribution in [0.3, 0.4) is 0 Å². The van der Waals surface area contributed by atoms with Crippen molar-refractivity contribution in [2.45, 2.75) is 40.0 Å². The molecule has 0 aromatic carbocycles. The number of anilines is 1. The summed E-state index contributed by atoms with van der Waals surface area (Å²) >= 11 is 0. The van der Waals surface area contributed by atoms with Crippen molar-refractivity contribution < 1.29 is 8.94 Å². The predicted octanol–water partition coefficient (Wildman–Crippen LogP) is 5.27. The van der Waals surface area contributed by atoms with Gasteiger partial charge in [-0.2, -0.15) is 0 Å². The first-order valence-corrected chi connectivity index (χ1v) is 9.54. The summed E-state index contributed by atoms with van der Waals surface area (Å²) in [7, 11) is 0. The third-order valence-electron chi connectivity index (χ3n) is 4.78. The highest BCUT2D eigenvalue weighted by molar-refractivity contribution is 5.91. The number of aromatic nitrogens is 3. The van der Waals surface area contributed by atoms with E-state index in [1.54, 1.807) is 0 Å². The van der Waals surface area contributed by atoms with Crippen LogP contribution in [0.15, 0.2) is 45.5 Å². The van der Waals surface area contributed by atoms with Gasteiger partial charge >= 0.3 is 0 Å². The monoisotopic (exact) mass is 376 g/mol. The standard InChI is InChI=1S/C22H24N4O2/c1-13(2)19-12-16-11-18(20-14(3)26-28-15(20)4)25-22(21(16)27-19)24-10-8-17-7-5-6-9-23-17/h5-7,9,11-13H,8,10H2,1-4H3,(H,24,25). The molecular formula is C22H24N4O2. The third kappa shape index (κ3) is 3.50. The van der Waals surface area contributed by atoms with E-state index in [1.807, 2.05) is 44.3 Å². The molecule has 0 saturated heterocycles. The Kier molecular flexibility index (Phi) is 4.86. The van der Waals surface area contributed by atoms with Gasteiger partial charge in [-0.1, -0.05) is 25.1 Å². The minimum Gasteiger partial charge on any atom is -0.457 e. The summed E-state index contributed by atoms with van der Waals surface area (Å²) in [4.78, 5) is 9.22. The molecule has 4 heterocycles. The second-order valence-corrected chi connectivity index (χ2v) is 7.27. The van der Waals surface area contributed by atoms with Gasteiger partial charge in [-0.3, -0.25) is 4.98 Å². The van der Waals surface area contributed by atoms with E-state index in [9.17, 15) is 0 Å². The normalized spacial score (nSPS) is 11.5. The van der Waals surface area contributed by atoms with E-state index in [1.165, 1.54) is 0 Å². The van der Waals surface area contributed by atoms with Crippen LogP contribution in [-0.2, 0) is 6.42 Å². The van der Waals surface area contributed by atoms with Gasteiger partial charge in [-0.05, 0) is 38.1 Å². The van der Waals surface area contributed by atoms with Crippen LogP contribution >= 0.6 is 0 Å². The number of hydrogen-bond acceptors (Lipinski definition) is 6. The van der Waals surface area contributed by atoms with Crippen molar-refractivity contribution in [2.75, 3.05) is 11.9 Å². The zero-order valence-corrected chi connectivity index (χ0v) is 16.6. The molecule has 0 bridgehead atoms. The molecule has 1 N–H and O–H groups in total. The van der Waals surface area contributed by atoms with E-state index in [2.05, 4.69) is 35.4 Å². The summed E-state index contributed by atoms with van der Waals surface area (Å²) < 4.78 is 11.5. The van der Waals surface area contributed by atoms with Crippen molar-refractivity contribution in [1.82, 2.24) is 15.1 Å². The van der Waals surface area contributed by atoms with Gasteiger partial charge in [0, 0.05) is 36.2 Å². The van der Waals surface area contributed by atoms with Crippen LogP contribution in [0, 0.1) is 13.8 Å². The van der Waals surface area contributed by atoms with E-state index in [0.717, 1.165) is 57.4 Å². The van der Waals surface area contributed by atoms with Crippen molar-refractivity contribution in [3.05, 3.63) is 59.4 Å². The molecule has 28 heavy (non-hydrogen) atoms. The molecule has 0 amide bonds. The molecule has 4 aromatic rings. The molecule has 0 radical (unpaired) electrons. The van der Waals surface area contributed by atoms with Crippen LogP contribution in [0.1, 0.15) is 42.7 Å². The summed E-state index contributed by atoms with van der Waals surface area (Å²) in [5.74, 6) is 2.74. The van der Waals surface area contributed by atoms with Crippen molar-refractivity contribution in [3.63, 3.8) is 0 Å². The number of fused-ring (bicyclic) bond motifs is 1. The number of hydrogen-bond donors (Lipinski definition) is 1. The lowest BCUT2D eigenvalue weighted by atomic mass is 10.1. The first kappa shape index (κ1) is 18.2. The molecule has 0 aliphatic carbocycles. The predicted molar refractivity (Wildman–Crippen MR) is 109 cm³/mol. The third-order valence-corrected chi connectivity index (χ3v) is 4.78. The second kappa shape index (κ2) is 7.46. The Balaban J connectivity index is 1.72. The SMILES string of the molecule is Cc1noc(C)c1-c1cc2cc(C(C)C)oc2c(NCCc2ccccn2)n1. The summed E-state index contributed by atoms with van der Waals surface area (Å²) in [5, 5.41) is 8.53. The lowest BCUT2D eigenvalue weighted by molar-refractivity contribution is 0.393. The minimum absolute atomic E-state index is 0.302. The molecule has 0 atom stereocenters. The van der Waals surface area contributed by atoms with Gasteiger partial charge in [0.25, 0.3) is 0 Å². The zero-order valence-electron chi connectivity index (χ0n) is 16.6. The van der Waals surface area contributed by atoms with Crippen LogP contribution in [0.4, 0.5) is 5.82 Å². The maximum absolute atomic E-state index is 6.12. The average Bonchev–Trinajstić information content (AvgIpc) is 3.26. The van der Waals surface area contributed by atoms with Crippen molar-refractivity contribution in [3.8, 4) is 11.3 Å². The molecule has 0 fully saturated rings. The molecule has 6 heteroatoms. The second-order valence-electron chi connectivity index (χ2n) is 7.27. The van der Waals surface area contributed by atoms with E-state index < -0.39 is 0 Å². The summed E-state index contributed by atoms with van der Waals surface area (Å²) in [6, 6.07) is 10.1. The maximum atomic E-state index is 6.12. The van der Waals surface area contributed by atoms with Crippen molar-refractivity contribution in [2.24, 2.45) is 0 Å². The number of rotatable bonds is 6. The van der Waals surface area contributed by atoms with E-state index >= 15 is 0 Å². The van der Waals surface area contributed by atoms with Crippen molar-refractivity contribution >= 4 is 16.8 Å². The Labute approximate surface area is 164 Å². The fourth-order valence-electron chi connectivity index (χ4n) is 3.30. The van der Waals surface area contributed by atoms with Gasteiger partial charge in [0.05, 0.1) is 17.0 Å². The van der Waals surface area contributed by atoms with Crippen LogP contribution in [-0.4, -0.2) is 21.7 Å². The van der Waals surface area contributed by atoms with Crippen LogP contribution in [0.5, 0.6) is 0 Å². The van der Waals surface area contributed by atoms with Gasteiger partial charge < -0.3 is 14.3 Å². The number of nitrogens with zero attached hydrogens (tertiary/aromatic N) is 3. The molecule has 0 spiro atoms. The quantitative estimate of drug-likeness (QED) is 0.494. The fourth-order valence-corrected chi connectivity index (χ4v) is 3.30. The molecule has 144 valence electrons. The minimum atomic E-state index is 0.302. The van der Waals surface area contributed by atoms with Crippen LogP contribution in [0.25, 0.3) is 22.2 Å². The zero-order chi connectivity index (χ0) is 19.7. The highest BCUT2D eigenvalue weighted by Gasteiger charge is 2.18. The Morgan fingerprint density at radius 3 is 2.68 bits per heavy atom. The molecule has 6 nitrogen and oxygen atoms in total. The Bertz CT molecular complexity index is 1080. The van der Waals surface area contributed by atoms with E-state index in [4.69, 9.17) is 13.9 Å². The van der Waals surface area contributed by atoms with Gasteiger partial charge in [0.1, 0.15) is 11.5 Å².